The van der Waals surface area contributed by atoms with Crippen LogP contribution in [0.15, 0.2) is 18.2 Å². The maximum atomic E-state index is 3.42. The first-order valence-corrected chi connectivity index (χ1v) is 7.07. The standard InChI is InChI=1S/C16H21N/c1-11-2-3-13(6-15(11)12-4-5-12)14-7-16(8-14)9-17-10-16/h2-3,6,12,14,17H,4-5,7-10H2,1H3. The number of aryl methyl sites for hydroxylation is 1. The lowest BCUT2D eigenvalue weighted by Gasteiger charge is -2.54. The molecule has 1 aliphatic heterocycles. The quantitative estimate of drug-likeness (QED) is 0.817. The summed E-state index contributed by atoms with van der Waals surface area (Å²) in [6.45, 7) is 4.81. The normalized spacial score (nSPS) is 26.6. The van der Waals surface area contributed by atoms with Crippen LogP contribution in [0, 0.1) is 12.3 Å². The monoisotopic (exact) mass is 227 g/mol. The van der Waals surface area contributed by atoms with Crippen molar-refractivity contribution < 1.29 is 0 Å². The van der Waals surface area contributed by atoms with Crippen molar-refractivity contribution in [2.45, 2.75) is 44.4 Å². The summed E-state index contributed by atoms with van der Waals surface area (Å²) in [7, 11) is 0. The van der Waals surface area contributed by atoms with Crippen molar-refractivity contribution in [3.05, 3.63) is 34.9 Å². The molecule has 0 amide bonds. The molecule has 1 heterocycles. The second-order valence-electron chi connectivity index (χ2n) is 6.60. The van der Waals surface area contributed by atoms with Crippen LogP contribution < -0.4 is 5.32 Å². The number of nitrogens with one attached hydrogen (secondary N) is 1. The van der Waals surface area contributed by atoms with Crippen LogP contribution in [-0.2, 0) is 0 Å². The van der Waals surface area contributed by atoms with Gasteiger partial charge in [-0.1, -0.05) is 18.2 Å². The van der Waals surface area contributed by atoms with Crippen molar-refractivity contribution in [2.24, 2.45) is 5.41 Å². The van der Waals surface area contributed by atoms with Crippen molar-refractivity contribution in [1.82, 2.24) is 5.32 Å². The van der Waals surface area contributed by atoms with Gasteiger partial charge in [0.25, 0.3) is 0 Å². The van der Waals surface area contributed by atoms with Gasteiger partial charge in [0.1, 0.15) is 0 Å². The van der Waals surface area contributed by atoms with Crippen molar-refractivity contribution in [3.63, 3.8) is 0 Å². The van der Waals surface area contributed by atoms with E-state index in [0.29, 0.717) is 5.41 Å². The predicted octanol–water partition coefficient (Wildman–Crippen LogP) is 3.34. The Morgan fingerprint density at radius 2 is 1.88 bits per heavy atom. The lowest BCUT2D eigenvalue weighted by molar-refractivity contribution is 0.0363. The predicted molar refractivity (Wildman–Crippen MR) is 70.4 cm³/mol. The summed E-state index contributed by atoms with van der Waals surface area (Å²) in [5, 5.41) is 3.42. The summed E-state index contributed by atoms with van der Waals surface area (Å²) in [6.07, 6.45) is 5.69. The van der Waals surface area contributed by atoms with Gasteiger partial charge < -0.3 is 5.32 Å². The molecule has 4 rings (SSSR count). The third kappa shape index (κ3) is 1.55. The fourth-order valence-electron chi connectivity index (χ4n) is 3.74. The smallest absolute Gasteiger partial charge is 0.00207 e. The molecular formula is C16H21N. The zero-order valence-corrected chi connectivity index (χ0v) is 10.6. The van der Waals surface area contributed by atoms with Crippen molar-refractivity contribution in [2.75, 3.05) is 13.1 Å². The zero-order chi connectivity index (χ0) is 11.5. The summed E-state index contributed by atoms with van der Waals surface area (Å²) in [4.78, 5) is 0. The van der Waals surface area contributed by atoms with Crippen LogP contribution in [0.1, 0.15) is 54.2 Å². The van der Waals surface area contributed by atoms with Gasteiger partial charge in [-0.3, -0.25) is 0 Å². The van der Waals surface area contributed by atoms with Crippen molar-refractivity contribution >= 4 is 0 Å². The van der Waals surface area contributed by atoms with Gasteiger partial charge in [-0.15, -0.1) is 0 Å². The molecular weight excluding hydrogens is 206 g/mol. The van der Waals surface area contributed by atoms with Gasteiger partial charge in [-0.05, 0) is 66.5 Å². The molecule has 1 nitrogen and oxygen atoms in total. The van der Waals surface area contributed by atoms with Crippen LogP contribution in [0.4, 0.5) is 0 Å². The topological polar surface area (TPSA) is 12.0 Å². The van der Waals surface area contributed by atoms with E-state index >= 15 is 0 Å². The Labute approximate surface area is 104 Å². The Kier molecular flexibility index (Phi) is 2.00. The van der Waals surface area contributed by atoms with Crippen LogP contribution >= 0.6 is 0 Å². The van der Waals surface area contributed by atoms with Gasteiger partial charge in [0.05, 0.1) is 0 Å². The van der Waals surface area contributed by atoms with Gasteiger partial charge in [0.2, 0.25) is 0 Å². The molecule has 0 bridgehead atoms. The maximum absolute atomic E-state index is 3.42. The number of hydrogen-bond donors (Lipinski definition) is 1. The molecule has 2 saturated carbocycles. The molecule has 3 fully saturated rings. The first-order valence-electron chi connectivity index (χ1n) is 7.07. The summed E-state index contributed by atoms with van der Waals surface area (Å²) >= 11 is 0. The van der Waals surface area contributed by atoms with E-state index in [-0.39, 0.29) is 0 Å². The minimum absolute atomic E-state index is 0.704. The Morgan fingerprint density at radius 3 is 2.47 bits per heavy atom. The highest BCUT2D eigenvalue weighted by Crippen LogP contribution is 2.54. The fraction of sp³-hybridized carbons (Fsp3) is 0.625. The van der Waals surface area contributed by atoms with E-state index in [1.54, 1.807) is 11.1 Å². The summed E-state index contributed by atoms with van der Waals surface area (Å²) in [6, 6.07) is 7.26. The molecule has 90 valence electrons. The molecule has 0 aromatic heterocycles. The first-order chi connectivity index (χ1) is 8.26. The Hall–Kier alpha value is -0.820. The van der Waals surface area contributed by atoms with Crippen LogP contribution in [0.25, 0.3) is 0 Å². The minimum atomic E-state index is 0.704. The van der Waals surface area contributed by atoms with E-state index < -0.39 is 0 Å². The number of hydrogen-bond acceptors (Lipinski definition) is 1. The van der Waals surface area contributed by atoms with Crippen LogP contribution in [0.5, 0.6) is 0 Å². The molecule has 2 aliphatic carbocycles. The largest absolute Gasteiger partial charge is 0.316 e. The Balaban J connectivity index is 1.56. The van der Waals surface area contributed by atoms with E-state index in [1.807, 2.05) is 0 Å². The van der Waals surface area contributed by atoms with Gasteiger partial charge in [0.15, 0.2) is 0 Å². The number of rotatable bonds is 2. The Morgan fingerprint density at radius 1 is 1.12 bits per heavy atom. The van der Waals surface area contributed by atoms with Gasteiger partial charge in [0, 0.05) is 13.1 Å². The van der Waals surface area contributed by atoms with Gasteiger partial charge in [-0.25, -0.2) is 0 Å². The lowest BCUT2D eigenvalue weighted by Crippen LogP contribution is -2.59. The molecule has 1 spiro atoms. The van der Waals surface area contributed by atoms with Crippen LogP contribution in [-0.4, -0.2) is 13.1 Å². The lowest BCUT2D eigenvalue weighted by atomic mass is 9.57. The van der Waals surface area contributed by atoms with Crippen molar-refractivity contribution in [1.29, 1.82) is 0 Å². The number of benzene rings is 1. The summed E-state index contributed by atoms with van der Waals surface area (Å²) in [5.41, 5.74) is 5.48. The fourth-order valence-corrected chi connectivity index (χ4v) is 3.74. The second-order valence-corrected chi connectivity index (χ2v) is 6.60. The highest BCUT2D eigenvalue weighted by molar-refractivity contribution is 5.38. The molecule has 0 unspecified atom stereocenters. The Bertz CT molecular complexity index is 447. The highest BCUT2D eigenvalue weighted by atomic mass is 15.0. The van der Waals surface area contributed by atoms with E-state index in [1.165, 1.54) is 44.3 Å². The van der Waals surface area contributed by atoms with Crippen LogP contribution in [0.2, 0.25) is 0 Å². The van der Waals surface area contributed by atoms with Crippen molar-refractivity contribution in [3.8, 4) is 0 Å². The average Bonchev–Trinajstić information content (AvgIpc) is 2.99. The third-order valence-corrected chi connectivity index (χ3v) is 5.15. The summed E-state index contributed by atoms with van der Waals surface area (Å²) < 4.78 is 0. The minimum Gasteiger partial charge on any atom is -0.316 e. The molecule has 1 saturated heterocycles. The molecule has 1 N–H and O–H groups in total. The van der Waals surface area contributed by atoms with Crippen LogP contribution in [0.3, 0.4) is 0 Å². The van der Waals surface area contributed by atoms with Gasteiger partial charge >= 0.3 is 0 Å². The van der Waals surface area contributed by atoms with Gasteiger partial charge in [-0.2, -0.15) is 0 Å². The SMILES string of the molecule is Cc1ccc(C2CC3(CNC3)C2)cc1C1CC1. The molecule has 1 aromatic rings. The molecule has 3 aliphatic rings. The highest BCUT2D eigenvalue weighted by Gasteiger charge is 2.48. The third-order valence-electron chi connectivity index (χ3n) is 5.15. The summed E-state index contributed by atoms with van der Waals surface area (Å²) in [5.74, 6) is 1.75. The molecule has 17 heavy (non-hydrogen) atoms. The van der Waals surface area contributed by atoms with E-state index in [2.05, 4.69) is 30.4 Å². The zero-order valence-electron chi connectivity index (χ0n) is 10.6. The molecule has 0 atom stereocenters. The van der Waals surface area contributed by atoms with E-state index in [9.17, 15) is 0 Å². The van der Waals surface area contributed by atoms with E-state index in [0.717, 1.165) is 11.8 Å². The molecule has 0 radical (unpaired) electrons. The average molecular weight is 227 g/mol. The van der Waals surface area contributed by atoms with E-state index in [4.69, 9.17) is 0 Å². The second kappa shape index (κ2) is 3.35. The first kappa shape index (κ1) is 10.1. The maximum Gasteiger partial charge on any atom is 0.00207 e. The molecule has 1 heteroatoms. The molecule has 1 aromatic carbocycles.